The molecule has 1 aliphatic carbocycles. The van der Waals surface area contributed by atoms with Gasteiger partial charge in [0.2, 0.25) is 0 Å². The van der Waals surface area contributed by atoms with Gasteiger partial charge in [-0.05, 0) is 49.4 Å². The number of rotatable bonds is 5. The van der Waals surface area contributed by atoms with E-state index in [4.69, 9.17) is 9.39 Å². The van der Waals surface area contributed by atoms with E-state index < -0.39 is 10.3 Å². The van der Waals surface area contributed by atoms with Gasteiger partial charge in [0, 0.05) is 11.0 Å². The van der Waals surface area contributed by atoms with Crippen LogP contribution in [0.1, 0.15) is 48.1 Å². The smallest absolute Gasteiger partial charge is 0.357 e. The molecule has 0 saturated heterocycles. The molecule has 0 unspecified atom stereocenters. The lowest BCUT2D eigenvalue weighted by atomic mass is 9.72. The summed E-state index contributed by atoms with van der Waals surface area (Å²) in [4.78, 5) is 5.66. The van der Waals surface area contributed by atoms with Crippen molar-refractivity contribution in [2.45, 2.75) is 47.1 Å². The van der Waals surface area contributed by atoms with E-state index in [9.17, 15) is 8.42 Å². The zero-order valence-electron chi connectivity index (χ0n) is 16.6. The summed E-state index contributed by atoms with van der Waals surface area (Å²) in [5.74, 6) is 0. The summed E-state index contributed by atoms with van der Waals surface area (Å²) in [5.41, 5.74) is 5.80. The van der Waals surface area contributed by atoms with E-state index in [0.717, 1.165) is 40.8 Å². The highest BCUT2D eigenvalue weighted by molar-refractivity contribution is 7.87. The van der Waals surface area contributed by atoms with Crippen LogP contribution in [-0.2, 0) is 28.2 Å². The molecule has 2 aromatic rings. The molecule has 0 aliphatic heterocycles. The molecule has 0 spiro atoms. The average Bonchev–Trinajstić information content (AvgIpc) is 2.59. The normalized spacial score (nSPS) is 17.2. The Labute approximate surface area is 166 Å². The quantitative estimate of drug-likeness (QED) is 0.573. The Morgan fingerprint density at radius 3 is 2.50 bits per heavy atom. The first-order chi connectivity index (χ1) is 13.0. The van der Waals surface area contributed by atoms with Gasteiger partial charge in [-0.25, -0.2) is 0 Å². The molecule has 0 aromatic heterocycles. The van der Waals surface area contributed by atoms with Gasteiger partial charge >= 0.3 is 10.3 Å². The van der Waals surface area contributed by atoms with Crippen LogP contribution in [0, 0.1) is 19.3 Å². The molecular weight excluding hydrogens is 376 g/mol. The van der Waals surface area contributed by atoms with Gasteiger partial charge in [0.1, 0.15) is 6.61 Å². The van der Waals surface area contributed by atoms with Crippen LogP contribution >= 0.6 is 0 Å². The van der Waals surface area contributed by atoms with E-state index in [-0.39, 0.29) is 5.41 Å². The van der Waals surface area contributed by atoms with Gasteiger partial charge in [0.15, 0.2) is 0 Å². The third kappa shape index (κ3) is 4.72. The first kappa shape index (κ1) is 20.4. The van der Waals surface area contributed by atoms with Crippen molar-refractivity contribution < 1.29 is 17.8 Å². The third-order valence-electron chi connectivity index (χ3n) is 5.11. The van der Waals surface area contributed by atoms with Gasteiger partial charge in [0.05, 0.1) is 11.4 Å². The van der Waals surface area contributed by atoms with Crippen molar-refractivity contribution in [3.05, 3.63) is 64.2 Å². The summed E-state index contributed by atoms with van der Waals surface area (Å²) in [7, 11) is -4.35. The monoisotopic (exact) mass is 402 g/mol. The molecule has 0 fully saturated rings. The molecule has 0 amide bonds. The summed E-state index contributed by atoms with van der Waals surface area (Å²) < 4.78 is 33.9. The number of nitrogens with one attached hydrogen (secondary N) is 1. The highest BCUT2D eigenvalue weighted by atomic mass is 32.2. The molecule has 1 aliphatic rings. The maximum absolute atomic E-state index is 11.3. The number of anilines is 1. The first-order valence-corrected chi connectivity index (χ1v) is 10.6. The van der Waals surface area contributed by atoms with Crippen LogP contribution in [0.25, 0.3) is 0 Å². The molecule has 0 bridgehead atoms. The zero-order valence-corrected chi connectivity index (χ0v) is 17.4. The molecule has 0 radical (unpaired) electrons. The van der Waals surface area contributed by atoms with Crippen molar-refractivity contribution in [2.75, 3.05) is 4.72 Å². The third-order valence-corrected chi connectivity index (χ3v) is 5.59. The molecule has 6 nitrogen and oxygen atoms in total. The topological polar surface area (TPSA) is 88.0 Å². The highest BCUT2D eigenvalue weighted by Crippen LogP contribution is 2.38. The Morgan fingerprint density at radius 2 is 1.86 bits per heavy atom. The molecule has 28 heavy (non-hydrogen) atoms. The van der Waals surface area contributed by atoms with E-state index in [2.05, 4.69) is 23.7 Å². The van der Waals surface area contributed by atoms with Crippen LogP contribution < -0.4 is 4.72 Å². The van der Waals surface area contributed by atoms with Crippen molar-refractivity contribution in [1.29, 1.82) is 0 Å². The van der Waals surface area contributed by atoms with Crippen molar-refractivity contribution >= 4 is 21.7 Å². The lowest BCUT2D eigenvalue weighted by molar-refractivity contribution is 0.127. The Morgan fingerprint density at radius 1 is 1.18 bits per heavy atom. The van der Waals surface area contributed by atoms with Crippen LogP contribution in [0.4, 0.5) is 5.69 Å². The van der Waals surface area contributed by atoms with E-state index in [1.165, 1.54) is 5.56 Å². The number of hydrogen-bond acceptors (Lipinski definition) is 4. The summed E-state index contributed by atoms with van der Waals surface area (Å²) in [6, 6.07) is 11.7. The van der Waals surface area contributed by atoms with Crippen molar-refractivity contribution in [3.63, 3.8) is 0 Å². The van der Waals surface area contributed by atoms with E-state index in [1.807, 2.05) is 37.3 Å². The van der Waals surface area contributed by atoms with Gasteiger partial charge in [0.25, 0.3) is 0 Å². The molecule has 7 heteroatoms. The number of nitrogens with zero attached hydrogens (tertiary/aromatic N) is 1. The van der Waals surface area contributed by atoms with Crippen LogP contribution in [0.15, 0.2) is 41.6 Å². The fourth-order valence-electron chi connectivity index (χ4n) is 3.40. The summed E-state index contributed by atoms with van der Waals surface area (Å²) >= 11 is 0. The molecule has 2 aromatic carbocycles. The molecule has 0 heterocycles. The molecular formula is C21H26N2O4S. The summed E-state index contributed by atoms with van der Waals surface area (Å²) in [6.45, 7) is 8.39. The van der Waals surface area contributed by atoms with Gasteiger partial charge in [-0.1, -0.05) is 54.9 Å². The fourth-order valence-corrected chi connectivity index (χ4v) is 3.90. The van der Waals surface area contributed by atoms with E-state index >= 15 is 0 Å². The summed E-state index contributed by atoms with van der Waals surface area (Å²) in [6.07, 6.45) is 1.78. The number of aryl methyl sites for hydroxylation is 3. The molecule has 0 saturated carbocycles. The number of oxime groups is 1. The van der Waals surface area contributed by atoms with Gasteiger partial charge in [-0.2, -0.15) is 8.42 Å². The Bertz CT molecular complexity index is 1010. The predicted octanol–water partition coefficient (Wildman–Crippen LogP) is 4.41. The standard InChI is InChI=1S/C21H26N2O4S/c1-14-5-7-16(8-6-14)13-27-22-20-18-12-19(23-28(24,25)26)15(2)11-17(18)9-10-21(20,3)4/h5-8,11-12,23H,9-10,13H2,1-4H3,(H,24,25,26)/b22-20-. The minimum absolute atomic E-state index is 0.217. The molecule has 150 valence electrons. The van der Waals surface area contributed by atoms with Crippen molar-refractivity contribution in [3.8, 4) is 0 Å². The SMILES string of the molecule is Cc1ccc(CO/N=C2/c3cc(NS(=O)(=O)O)c(C)cc3CCC2(C)C)cc1. The van der Waals surface area contributed by atoms with E-state index in [0.29, 0.717) is 12.3 Å². The van der Waals surface area contributed by atoms with E-state index in [1.54, 1.807) is 13.0 Å². The predicted molar refractivity (Wildman–Crippen MR) is 111 cm³/mol. The lowest BCUT2D eigenvalue weighted by Gasteiger charge is -2.33. The largest absolute Gasteiger partial charge is 0.391 e. The Kier molecular flexibility index (Phi) is 5.50. The summed E-state index contributed by atoms with van der Waals surface area (Å²) in [5, 5.41) is 4.44. The second-order valence-corrected chi connectivity index (χ2v) is 9.14. The Balaban J connectivity index is 1.93. The van der Waals surface area contributed by atoms with Crippen LogP contribution in [0.5, 0.6) is 0 Å². The van der Waals surface area contributed by atoms with Crippen LogP contribution in [-0.4, -0.2) is 18.7 Å². The minimum atomic E-state index is -4.35. The lowest BCUT2D eigenvalue weighted by Crippen LogP contribution is -2.32. The molecule has 0 atom stereocenters. The van der Waals surface area contributed by atoms with Gasteiger partial charge in [-0.3, -0.25) is 9.27 Å². The van der Waals surface area contributed by atoms with Crippen molar-refractivity contribution in [2.24, 2.45) is 10.6 Å². The molecule has 2 N–H and O–H groups in total. The fraction of sp³-hybridized carbons (Fsp3) is 0.381. The number of benzene rings is 2. The maximum atomic E-state index is 11.3. The first-order valence-electron chi connectivity index (χ1n) is 9.20. The maximum Gasteiger partial charge on any atom is 0.357 e. The average molecular weight is 403 g/mol. The Hall–Kier alpha value is -2.38. The zero-order chi connectivity index (χ0) is 20.5. The highest BCUT2D eigenvalue weighted by Gasteiger charge is 2.33. The van der Waals surface area contributed by atoms with Gasteiger partial charge in [-0.15, -0.1) is 0 Å². The second-order valence-electron chi connectivity index (χ2n) is 7.98. The minimum Gasteiger partial charge on any atom is -0.391 e. The molecule has 3 rings (SSSR count). The van der Waals surface area contributed by atoms with Crippen LogP contribution in [0.2, 0.25) is 0 Å². The van der Waals surface area contributed by atoms with Crippen molar-refractivity contribution in [1.82, 2.24) is 0 Å². The van der Waals surface area contributed by atoms with Crippen LogP contribution in [0.3, 0.4) is 0 Å². The number of fused-ring (bicyclic) bond motifs is 1. The number of hydrogen-bond donors (Lipinski definition) is 2. The second kappa shape index (κ2) is 7.56. The van der Waals surface area contributed by atoms with Gasteiger partial charge < -0.3 is 4.84 Å².